The Hall–Kier alpha value is -2.61. The summed E-state index contributed by atoms with van der Waals surface area (Å²) in [6.07, 6.45) is 9.02. The number of thioether (sulfide) groups is 1. The molecule has 0 saturated heterocycles. The van der Waals surface area contributed by atoms with Gasteiger partial charge in [0.15, 0.2) is 5.16 Å². The highest BCUT2D eigenvalue weighted by molar-refractivity contribution is 7.99. The van der Waals surface area contributed by atoms with E-state index in [1.807, 2.05) is 39.9 Å². The van der Waals surface area contributed by atoms with Gasteiger partial charge in [-0.3, -0.25) is 14.2 Å². The van der Waals surface area contributed by atoms with Crippen LogP contribution < -0.4 is 5.56 Å². The maximum absolute atomic E-state index is 13.3. The topological polar surface area (TPSA) is 72.5 Å². The number of hydrogen-bond donors (Lipinski definition) is 0. The number of carbonyl (C=O) groups excluding carboxylic acids is 1. The van der Waals surface area contributed by atoms with Crippen molar-refractivity contribution in [2.24, 2.45) is 0 Å². The number of rotatable bonds is 5. The van der Waals surface area contributed by atoms with Crippen LogP contribution in [0.15, 0.2) is 40.5 Å². The molecule has 4 heterocycles. The smallest absolute Gasteiger partial charge is 0.257 e. The molecule has 0 aromatic carbocycles. The molecule has 6 rings (SSSR count). The third kappa shape index (κ3) is 2.96. The molecule has 3 aromatic heterocycles. The molecule has 0 radical (unpaired) electrons. The minimum atomic E-state index is -0.105. The molecule has 1 amide bonds. The number of nitrogens with zero attached hydrogens (tertiary/aromatic N) is 5. The predicted molar refractivity (Wildman–Crippen MR) is 114 cm³/mol. The van der Waals surface area contributed by atoms with Crippen LogP contribution in [0.5, 0.6) is 0 Å². The van der Waals surface area contributed by atoms with Crippen molar-refractivity contribution in [3.63, 3.8) is 0 Å². The molecule has 2 aliphatic carbocycles. The number of aromatic nitrogens is 4. The normalized spacial score (nSPS) is 19.8. The third-order valence-electron chi connectivity index (χ3n) is 6.42. The van der Waals surface area contributed by atoms with Crippen LogP contribution in [-0.2, 0) is 24.2 Å². The Morgan fingerprint density at radius 2 is 2.17 bits per heavy atom. The van der Waals surface area contributed by atoms with Gasteiger partial charge in [0.25, 0.3) is 5.56 Å². The van der Waals surface area contributed by atoms with E-state index >= 15 is 0 Å². The Morgan fingerprint density at radius 1 is 1.27 bits per heavy atom. The van der Waals surface area contributed by atoms with Gasteiger partial charge >= 0.3 is 0 Å². The lowest BCUT2D eigenvalue weighted by Crippen LogP contribution is -2.36. The third-order valence-corrected chi connectivity index (χ3v) is 7.51. The molecule has 7 nitrogen and oxygen atoms in total. The van der Waals surface area contributed by atoms with Crippen LogP contribution in [0.3, 0.4) is 0 Å². The number of imidazole rings is 1. The molecule has 1 aliphatic heterocycles. The van der Waals surface area contributed by atoms with E-state index in [4.69, 9.17) is 4.98 Å². The van der Waals surface area contributed by atoms with E-state index in [0.717, 1.165) is 65.6 Å². The van der Waals surface area contributed by atoms with Crippen molar-refractivity contribution in [1.29, 1.82) is 0 Å². The van der Waals surface area contributed by atoms with Gasteiger partial charge < -0.3 is 9.30 Å². The second-order valence-corrected chi connectivity index (χ2v) is 9.44. The van der Waals surface area contributed by atoms with Gasteiger partial charge in [0.05, 0.1) is 30.2 Å². The molecule has 1 unspecified atom stereocenters. The van der Waals surface area contributed by atoms with Gasteiger partial charge in [0.2, 0.25) is 5.91 Å². The zero-order valence-corrected chi connectivity index (χ0v) is 17.5. The first-order valence-corrected chi connectivity index (χ1v) is 11.6. The summed E-state index contributed by atoms with van der Waals surface area (Å²) >= 11 is 1.61. The Morgan fingerprint density at radius 3 is 3.03 bits per heavy atom. The first-order chi connectivity index (χ1) is 14.7. The molecule has 1 fully saturated rings. The van der Waals surface area contributed by atoms with Crippen LogP contribution in [0.4, 0.5) is 0 Å². The highest BCUT2D eigenvalue weighted by Gasteiger charge is 2.36. The van der Waals surface area contributed by atoms with E-state index in [-0.39, 0.29) is 17.5 Å². The van der Waals surface area contributed by atoms with Crippen LogP contribution in [0.25, 0.3) is 5.65 Å². The zero-order valence-electron chi connectivity index (χ0n) is 16.7. The standard InChI is InChI=1S/C22H23N5O2S/c28-20(10-15-13-30-22-24-18-5-3-4-17(18)21(29)27(15)22)26(14-7-8-14)12-16-11-23-19-6-1-2-9-25(16)19/h1-2,6,9,11,14-15H,3-5,7-8,10,12-13H2. The summed E-state index contributed by atoms with van der Waals surface area (Å²) in [6, 6.07) is 6.11. The molecule has 154 valence electrons. The molecule has 30 heavy (non-hydrogen) atoms. The van der Waals surface area contributed by atoms with Gasteiger partial charge in [0, 0.05) is 30.0 Å². The zero-order chi connectivity index (χ0) is 20.2. The highest BCUT2D eigenvalue weighted by Crippen LogP contribution is 2.36. The number of pyridine rings is 1. The summed E-state index contributed by atoms with van der Waals surface area (Å²) in [5, 5.41) is 0.790. The second kappa shape index (κ2) is 6.97. The monoisotopic (exact) mass is 421 g/mol. The molecule has 1 atom stereocenters. The van der Waals surface area contributed by atoms with Gasteiger partial charge in [-0.05, 0) is 44.2 Å². The fourth-order valence-electron chi connectivity index (χ4n) is 4.70. The number of carbonyl (C=O) groups is 1. The summed E-state index contributed by atoms with van der Waals surface area (Å²) in [7, 11) is 0. The molecule has 8 heteroatoms. The molecule has 0 bridgehead atoms. The molecular formula is C22H23N5O2S. The number of aryl methyl sites for hydroxylation is 1. The van der Waals surface area contributed by atoms with Crippen molar-refractivity contribution in [3.8, 4) is 0 Å². The average molecular weight is 422 g/mol. The minimum Gasteiger partial charge on any atom is -0.334 e. The number of hydrogen-bond acceptors (Lipinski definition) is 5. The summed E-state index contributed by atoms with van der Waals surface area (Å²) in [5.41, 5.74) is 3.82. The van der Waals surface area contributed by atoms with Crippen molar-refractivity contribution in [2.75, 3.05) is 5.75 Å². The van der Waals surface area contributed by atoms with Gasteiger partial charge in [-0.2, -0.15) is 0 Å². The SMILES string of the molecule is O=C(CC1CSc2nc3c(c(=O)n21)CCC3)N(Cc1cnc2ccccn12)C1CC1. The van der Waals surface area contributed by atoms with E-state index in [0.29, 0.717) is 19.0 Å². The summed E-state index contributed by atoms with van der Waals surface area (Å²) < 4.78 is 3.84. The van der Waals surface area contributed by atoms with Crippen molar-refractivity contribution in [1.82, 2.24) is 23.8 Å². The van der Waals surface area contributed by atoms with E-state index in [9.17, 15) is 9.59 Å². The van der Waals surface area contributed by atoms with Crippen molar-refractivity contribution in [2.45, 2.75) is 62.3 Å². The Bertz CT molecular complexity index is 1210. The van der Waals surface area contributed by atoms with Crippen LogP contribution >= 0.6 is 11.8 Å². The lowest BCUT2D eigenvalue weighted by Gasteiger charge is -2.24. The van der Waals surface area contributed by atoms with Gasteiger partial charge in [-0.15, -0.1) is 0 Å². The first kappa shape index (κ1) is 18.2. The van der Waals surface area contributed by atoms with Gasteiger partial charge in [-0.25, -0.2) is 9.97 Å². The van der Waals surface area contributed by atoms with Crippen molar-refractivity contribution >= 4 is 23.3 Å². The molecule has 0 N–H and O–H groups in total. The summed E-state index contributed by atoms with van der Waals surface area (Å²) in [5.74, 6) is 0.861. The Labute approximate surface area is 178 Å². The van der Waals surface area contributed by atoms with Gasteiger partial charge in [0.1, 0.15) is 5.65 Å². The molecule has 3 aliphatic rings. The van der Waals surface area contributed by atoms with Gasteiger partial charge in [-0.1, -0.05) is 17.8 Å². The maximum Gasteiger partial charge on any atom is 0.257 e. The van der Waals surface area contributed by atoms with E-state index < -0.39 is 0 Å². The highest BCUT2D eigenvalue weighted by atomic mass is 32.2. The summed E-state index contributed by atoms with van der Waals surface area (Å²) in [6.45, 7) is 0.554. The second-order valence-electron chi connectivity index (χ2n) is 8.45. The van der Waals surface area contributed by atoms with Crippen LogP contribution in [0.1, 0.15) is 48.7 Å². The van der Waals surface area contributed by atoms with E-state index in [1.54, 1.807) is 16.3 Å². The lowest BCUT2D eigenvalue weighted by atomic mass is 10.2. The maximum atomic E-state index is 13.3. The molecule has 1 saturated carbocycles. The lowest BCUT2D eigenvalue weighted by molar-refractivity contribution is -0.133. The van der Waals surface area contributed by atoms with Crippen molar-refractivity contribution in [3.05, 3.63) is 57.9 Å². The fraction of sp³-hybridized carbons (Fsp3) is 0.455. The summed E-state index contributed by atoms with van der Waals surface area (Å²) in [4.78, 5) is 37.6. The first-order valence-electron chi connectivity index (χ1n) is 10.7. The quantitative estimate of drug-likeness (QED) is 0.592. The van der Waals surface area contributed by atoms with E-state index in [2.05, 4.69) is 4.98 Å². The largest absolute Gasteiger partial charge is 0.334 e. The fourth-order valence-corrected chi connectivity index (χ4v) is 5.86. The minimum absolute atomic E-state index is 0.0788. The van der Waals surface area contributed by atoms with E-state index in [1.165, 1.54) is 0 Å². The molecule has 0 spiro atoms. The van der Waals surface area contributed by atoms with Crippen molar-refractivity contribution < 1.29 is 4.79 Å². The Kier molecular flexibility index (Phi) is 4.23. The number of fused-ring (bicyclic) bond motifs is 3. The van der Waals surface area contributed by atoms with Crippen LogP contribution in [-0.4, -0.2) is 41.5 Å². The number of amides is 1. The molecular weight excluding hydrogens is 398 g/mol. The van der Waals surface area contributed by atoms with Crippen LogP contribution in [0.2, 0.25) is 0 Å². The Balaban J connectivity index is 1.26. The average Bonchev–Trinajstić information content (AvgIpc) is 3.15. The van der Waals surface area contributed by atoms with Crippen LogP contribution in [0, 0.1) is 0 Å². The molecule has 3 aromatic rings. The predicted octanol–water partition coefficient (Wildman–Crippen LogP) is 2.61.